The largest absolute Gasteiger partial charge is 0.482 e. The molecule has 1 aliphatic heterocycles. The van der Waals surface area contributed by atoms with Gasteiger partial charge >= 0.3 is 5.97 Å². The Hall–Kier alpha value is -2.77. The summed E-state index contributed by atoms with van der Waals surface area (Å²) in [7, 11) is 0. The van der Waals surface area contributed by atoms with Crippen molar-refractivity contribution in [1.29, 1.82) is 0 Å². The first-order chi connectivity index (χ1) is 13.5. The minimum atomic E-state index is -0.416. The van der Waals surface area contributed by atoms with E-state index in [4.69, 9.17) is 21.1 Å². The van der Waals surface area contributed by atoms with Crippen LogP contribution >= 0.6 is 23.4 Å². The van der Waals surface area contributed by atoms with Crippen molar-refractivity contribution < 1.29 is 19.1 Å². The first-order valence-corrected chi connectivity index (χ1v) is 9.66. The molecule has 1 heterocycles. The highest BCUT2D eigenvalue weighted by atomic mass is 35.5. The summed E-state index contributed by atoms with van der Waals surface area (Å²) in [5.41, 5.74) is 1.53. The number of thioether (sulfide) groups is 1. The zero-order chi connectivity index (χ0) is 19.9. The van der Waals surface area contributed by atoms with E-state index in [0.717, 1.165) is 5.56 Å². The molecule has 2 aromatic rings. The molecule has 28 heavy (non-hydrogen) atoms. The highest BCUT2D eigenvalue weighted by molar-refractivity contribution is 8.18. The van der Waals surface area contributed by atoms with Crippen LogP contribution in [0.4, 0.5) is 5.69 Å². The van der Waals surface area contributed by atoms with Crippen molar-refractivity contribution in [1.82, 2.24) is 5.32 Å². The van der Waals surface area contributed by atoms with Gasteiger partial charge in [0, 0.05) is 5.02 Å². The SMILES string of the molecule is CCOC(=O)COc1ccc(/C=C2/SC(=Nc3ccc(Cl)cc3)NC2=O)cc1. The molecule has 1 saturated heterocycles. The highest BCUT2D eigenvalue weighted by Crippen LogP contribution is 2.28. The molecule has 0 unspecified atom stereocenters. The Kier molecular flexibility index (Phi) is 6.73. The van der Waals surface area contributed by atoms with Gasteiger partial charge in [-0.25, -0.2) is 9.79 Å². The molecule has 1 aliphatic rings. The number of benzene rings is 2. The first kappa shape index (κ1) is 20.0. The van der Waals surface area contributed by atoms with Crippen LogP contribution in [-0.4, -0.2) is 30.3 Å². The number of esters is 1. The summed E-state index contributed by atoms with van der Waals surface area (Å²) in [5, 5.41) is 3.87. The fraction of sp³-hybridized carbons (Fsp3) is 0.150. The number of aliphatic imine (C=N–C) groups is 1. The van der Waals surface area contributed by atoms with Gasteiger partial charge in [-0.1, -0.05) is 23.7 Å². The average molecular weight is 417 g/mol. The van der Waals surface area contributed by atoms with Gasteiger partial charge in [-0.15, -0.1) is 0 Å². The molecule has 1 fully saturated rings. The number of nitrogens with one attached hydrogen (secondary N) is 1. The third kappa shape index (κ3) is 5.61. The number of ether oxygens (including phenoxy) is 2. The number of halogens is 1. The lowest BCUT2D eigenvalue weighted by Gasteiger charge is -2.05. The van der Waals surface area contributed by atoms with Gasteiger partial charge in [0.1, 0.15) is 5.75 Å². The molecule has 2 aromatic carbocycles. The fourth-order valence-corrected chi connectivity index (χ4v) is 3.24. The third-order valence-corrected chi connectivity index (χ3v) is 4.71. The van der Waals surface area contributed by atoms with Gasteiger partial charge in [0.05, 0.1) is 17.2 Å². The lowest BCUT2D eigenvalue weighted by atomic mass is 10.2. The molecule has 0 aliphatic carbocycles. The van der Waals surface area contributed by atoms with Crippen LogP contribution in [0, 0.1) is 0 Å². The lowest BCUT2D eigenvalue weighted by Crippen LogP contribution is -2.19. The van der Waals surface area contributed by atoms with Gasteiger partial charge in [-0.3, -0.25) is 4.79 Å². The molecule has 0 atom stereocenters. The maximum absolute atomic E-state index is 12.2. The van der Waals surface area contributed by atoms with E-state index in [0.29, 0.717) is 33.1 Å². The van der Waals surface area contributed by atoms with Crippen molar-refractivity contribution in [3.63, 3.8) is 0 Å². The van der Waals surface area contributed by atoms with Gasteiger partial charge in [-0.2, -0.15) is 0 Å². The summed E-state index contributed by atoms with van der Waals surface area (Å²) in [6.45, 7) is 1.91. The maximum atomic E-state index is 12.2. The second-order valence-corrected chi connectivity index (χ2v) is 7.09. The zero-order valence-electron chi connectivity index (χ0n) is 15.0. The Morgan fingerprint density at radius 2 is 1.89 bits per heavy atom. The van der Waals surface area contributed by atoms with E-state index in [2.05, 4.69) is 10.3 Å². The van der Waals surface area contributed by atoms with Crippen molar-refractivity contribution in [3.05, 3.63) is 64.0 Å². The standard InChI is InChI=1S/C20H17ClN2O4S/c1-2-26-18(24)12-27-16-9-3-13(4-10-16)11-17-19(25)23-20(28-17)22-15-7-5-14(21)6-8-15/h3-11H,2,12H2,1H3,(H,22,23,25)/b17-11+. The summed E-state index contributed by atoms with van der Waals surface area (Å²) in [6.07, 6.45) is 1.76. The molecule has 0 spiro atoms. The van der Waals surface area contributed by atoms with Crippen molar-refractivity contribution >= 4 is 52.2 Å². The monoisotopic (exact) mass is 416 g/mol. The molecule has 3 rings (SSSR count). The van der Waals surface area contributed by atoms with Gasteiger partial charge in [0.2, 0.25) is 0 Å². The highest BCUT2D eigenvalue weighted by Gasteiger charge is 2.23. The maximum Gasteiger partial charge on any atom is 0.344 e. The average Bonchev–Trinajstić information content (AvgIpc) is 3.02. The fourth-order valence-electron chi connectivity index (χ4n) is 2.27. The van der Waals surface area contributed by atoms with Crippen LogP contribution in [0.15, 0.2) is 58.4 Å². The van der Waals surface area contributed by atoms with Crippen LogP contribution in [-0.2, 0) is 14.3 Å². The Labute approximate surface area is 171 Å². The number of carbonyl (C=O) groups is 2. The second-order valence-electron chi connectivity index (χ2n) is 5.62. The van der Waals surface area contributed by atoms with Crippen LogP contribution < -0.4 is 10.1 Å². The summed E-state index contributed by atoms with van der Waals surface area (Å²) in [5.74, 6) is -0.0794. The second kappa shape index (κ2) is 9.43. The quantitative estimate of drug-likeness (QED) is 0.564. The van der Waals surface area contributed by atoms with Gasteiger partial charge < -0.3 is 14.8 Å². The number of amidine groups is 1. The molecule has 6 nitrogen and oxygen atoms in total. The smallest absolute Gasteiger partial charge is 0.344 e. The predicted octanol–water partition coefficient (Wildman–Crippen LogP) is 4.17. The van der Waals surface area contributed by atoms with Crippen molar-refractivity contribution in [2.75, 3.05) is 13.2 Å². The molecule has 1 N–H and O–H groups in total. The lowest BCUT2D eigenvalue weighted by molar-refractivity contribution is -0.145. The number of carbonyl (C=O) groups excluding carboxylic acids is 2. The number of hydrogen-bond donors (Lipinski definition) is 1. The number of hydrogen-bond acceptors (Lipinski definition) is 6. The predicted molar refractivity (Wildman–Crippen MR) is 111 cm³/mol. The summed E-state index contributed by atoms with van der Waals surface area (Å²) >= 11 is 7.12. The Morgan fingerprint density at radius 3 is 2.57 bits per heavy atom. The molecular formula is C20H17ClN2O4S. The molecule has 144 valence electrons. The first-order valence-electron chi connectivity index (χ1n) is 8.47. The van der Waals surface area contributed by atoms with E-state index in [1.165, 1.54) is 11.8 Å². The van der Waals surface area contributed by atoms with Gasteiger partial charge in [0.25, 0.3) is 5.91 Å². The summed E-state index contributed by atoms with van der Waals surface area (Å²) < 4.78 is 10.2. The third-order valence-electron chi connectivity index (χ3n) is 3.55. The van der Waals surface area contributed by atoms with Gasteiger partial charge in [0.15, 0.2) is 11.8 Å². The number of amides is 1. The molecule has 8 heteroatoms. The Morgan fingerprint density at radius 1 is 1.18 bits per heavy atom. The van der Waals surface area contributed by atoms with Crippen molar-refractivity contribution in [3.8, 4) is 5.75 Å². The molecule has 0 bridgehead atoms. The van der Waals surface area contributed by atoms with Crippen molar-refractivity contribution in [2.24, 2.45) is 4.99 Å². The van der Waals surface area contributed by atoms with E-state index in [1.54, 1.807) is 61.5 Å². The number of nitrogens with zero attached hydrogens (tertiary/aromatic N) is 1. The van der Waals surface area contributed by atoms with E-state index in [9.17, 15) is 9.59 Å². The van der Waals surface area contributed by atoms with E-state index < -0.39 is 5.97 Å². The van der Waals surface area contributed by atoms with E-state index >= 15 is 0 Å². The van der Waals surface area contributed by atoms with E-state index in [1.807, 2.05) is 0 Å². The van der Waals surface area contributed by atoms with E-state index in [-0.39, 0.29) is 12.5 Å². The van der Waals surface area contributed by atoms with Gasteiger partial charge in [-0.05, 0) is 66.7 Å². The van der Waals surface area contributed by atoms with Crippen LogP contribution in [0.5, 0.6) is 5.75 Å². The Balaban J connectivity index is 1.64. The Bertz CT molecular complexity index is 924. The molecular weight excluding hydrogens is 400 g/mol. The van der Waals surface area contributed by atoms with Crippen LogP contribution in [0.25, 0.3) is 6.08 Å². The summed E-state index contributed by atoms with van der Waals surface area (Å²) in [4.78, 5) is 28.4. The minimum absolute atomic E-state index is 0.142. The van der Waals surface area contributed by atoms with Crippen LogP contribution in [0.2, 0.25) is 5.02 Å². The normalized spacial score (nSPS) is 16.3. The van der Waals surface area contributed by atoms with Crippen LogP contribution in [0.3, 0.4) is 0 Å². The number of rotatable bonds is 6. The topological polar surface area (TPSA) is 77.0 Å². The minimum Gasteiger partial charge on any atom is -0.482 e. The van der Waals surface area contributed by atoms with Crippen LogP contribution in [0.1, 0.15) is 12.5 Å². The molecule has 0 saturated carbocycles. The molecule has 1 amide bonds. The zero-order valence-corrected chi connectivity index (χ0v) is 16.5. The molecule has 0 aromatic heterocycles. The summed E-state index contributed by atoms with van der Waals surface area (Å²) in [6, 6.07) is 14.1. The molecule has 0 radical (unpaired) electrons. The van der Waals surface area contributed by atoms with Crippen molar-refractivity contribution in [2.45, 2.75) is 6.92 Å².